The number of hydrogen-bond acceptors (Lipinski definition) is 4. The minimum atomic E-state index is -0.519. The molecule has 6 heteroatoms. The Kier molecular flexibility index (Phi) is 6.42. The van der Waals surface area contributed by atoms with Gasteiger partial charge in [0.15, 0.2) is 11.5 Å². The maximum atomic E-state index is 12.0. The van der Waals surface area contributed by atoms with Crippen molar-refractivity contribution in [3.05, 3.63) is 23.8 Å². The van der Waals surface area contributed by atoms with Crippen LogP contribution in [0.25, 0.3) is 0 Å². The first-order valence-corrected chi connectivity index (χ1v) is 7.48. The average molecular weight is 322 g/mol. The fraction of sp³-hybridized carbons (Fsp3) is 0.529. The highest BCUT2D eigenvalue weighted by Crippen LogP contribution is 2.29. The molecule has 1 unspecified atom stereocenters. The molecule has 0 saturated heterocycles. The van der Waals surface area contributed by atoms with Crippen molar-refractivity contribution in [1.29, 1.82) is 0 Å². The Bertz CT molecular complexity index is 564. The minimum absolute atomic E-state index is 0.0479. The van der Waals surface area contributed by atoms with Crippen molar-refractivity contribution < 1.29 is 19.1 Å². The number of hydrogen-bond donors (Lipinski definition) is 2. The largest absolute Gasteiger partial charge is 0.493 e. The smallest absolute Gasteiger partial charge is 0.239 e. The zero-order valence-corrected chi connectivity index (χ0v) is 14.6. The third-order valence-electron chi connectivity index (χ3n) is 3.38. The third-order valence-corrected chi connectivity index (χ3v) is 3.38. The van der Waals surface area contributed by atoms with Gasteiger partial charge >= 0.3 is 0 Å². The van der Waals surface area contributed by atoms with Crippen molar-refractivity contribution in [3.63, 3.8) is 0 Å². The fourth-order valence-electron chi connectivity index (χ4n) is 1.92. The lowest BCUT2D eigenvalue weighted by Gasteiger charge is -2.19. The molecular formula is C17H26N2O4. The molecule has 1 aromatic rings. The molecule has 128 valence electrons. The highest BCUT2D eigenvalue weighted by Gasteiger charge is 2.21. The minimum Gasteiger partial charge on any atom is -0.493 e. The van der Waals surface area contributed by atoms with E-state index in [2.05, 4.69) is 10.6 Å². The standard InChI is InChI=1S/C17H26N2O4/c1-11(12-7-8-13(22-5)14(9-12)23-6)19-15(20)10-18-16(21)17(2,3)4/h7-9,11H,10H2,1-6H3,(H,18,21)(H,19,20). The molecule has 1 rings (SSSR count). The Hall–Kier alpha value is -2.24. The van der Waals surface area contributed by atoms with Crippen molar-refractivity contribution in [2.24, 2.45) is 5.41 Å². The molecule has 0 aliphatic rings. The highest BCUT2D eigenvalue weighted by atomic mass is 16.5. The van der Waals surface area contributed by atoms with Crippen LogP contribution in [-0.2, 0) is 9.59 Å². The van der Waals surface area contributed by atoms with Crippen molar-refractivity contribution in [2.75, 3.05) is 20.8 Å². The lowest BCUT2D eigenvalue weighted by atomic mass is 9.96. The number of carbonyl (C=O) groups excluding carboxylic acids is 2. The van der Waals surface area contributed by atoms with E-state index in [1.165, 1.54) is 0 Å². The van der Waals surface area contributed by atoms with E-state index in [4.69, 9.17) is 9.47 Å². The predicted octanol–water partition coefficient (Wildman–Crippen LogP) is 2.04. The molecule has 0 bridgehead atoms. The Morgan fingerprint density at radius 2 is 1.74 bits per heavy atom. The van der Waals surface area contributed by atoms with Crippen molar-refractivity contribution >= 4 is 11.8 Å². The number of methoxy groups -OCH3 is 2. The summed E-state index contributed by atoms with van der Waals surface area (Å²) in [5.74, 6) is 0.829. The van der Waals surface area contributed by atoms with E-state index in [0.717, 1.165) is 5.56 Å². The number of benzene rings is 1. The molecule has 0 radical (unpaired) electrons. The Labute approximate surface area is 137 Å². The zero-order chi connectivity index (χ0) is 17.6. The van der Waals surface area contributed by atoms with Gasteiger partial charge in [0, 0.05) is 5.41 Å². The maximum Gasteiger partial charge on any atom is 0.239 e. The Balaban J connectivity index is 2.63. The molecule has 6 nitrogen and oxygen atoms in total. The highest BCUT2D eigenvalue weighted by molar-refractivity contribution is 5.87. The summed E-state index contributed by atoms with van der Waals surface area (Å²) < 4.78 is 10.4. The van der Waals surface area contributed by atoms with Crippen LogP contribution in [0.15, 0.2) is 18.2 Å². The van der Waals surface area contributed by atoms with Gasteiger partial charge in [0.05, 0.1) is 26.8 Å². The zero-order valence-electron chi connectivity index (χ0n) is 14.6. The monoisotopic (exact) mass is 322 g/mol. The molecule has 0 heterocycles. The lowest BCUT2D eigenvalue weighted by molar-refractivity contribution is -0.131. The van der Waals surface area contributed by atoms with Crippen LogP contribution < -0.4 is 20.1 Å². The second-order valence-corrected chi connectivity index (χ2v) is 6.34. The van der Waals surface area contributed by atoms with Gasteiger partial charge in [-0.15, -0.1) is 0 Å². The Morgan fingerprint density at radius 3 is 2.26 bits per heavy atom. The summed E-state index contributed by atoms with van der Waals surface area (Å²) in [5, 5.41) is 5.47. The summed E-state index contributed by atoms with van der Waals surface area (Å²) in [4.78, 5) is 23.7. The molecule has 0 saturated carbocycles. The molecule has 0 spiro atoms. The van der Waals surface area contributed by atoms with Crippen LogP contribution in [0.4, 0.5) is 0 Å². The summed E-state index contributed by atoms with van der Waals surface area (Å²) in [7, 11) is 3.13. The van der Waals surface area contributed by atoms with Gasteiger partial charge < -0.3 is 20.1 Å². The number of ether oxygens (including phenoxy) is 2. The van der Waals surface area contributed by atoms with Gasteiger partial charge in [-0.2, -0.15) is 0 Å². The second-order valence-electron chi connectivity index (χ2n) is 6.34. The predicted molar refractivity (Wildman–Crippen MR) is 88.6 cm³/mol. The van der Waals surface area contributed by atoms with E-state index < -0.39 is 5.41 Å². The van der Waals surface area contributed by atoms with E-state index in [1.807, 2.05) is 19.1 Å². The lowest BCUT2D eigenvalue weighted by Crippen LogP contribution is -2.42. The molecule has 2 amide bonds. The van der Waals surface area contributed by atoms with Crippen LogP contribution in [0.5, 0.6) is 11.5 Å². The summed E-state index contributed by atoms with van der Waals surface area (Å²) in [5.41, 5.74) is 0.369. The molecule has 0 fully saturated rings. The van der Waals surface area contributed by atoms with Gasteiger partial charge in [0.25, 0.3) is 0 Å². The average Bonchev–Trinajstić information content (AvgIpc) is 2.50. The van der Waals surface area contributed by atoms with Crippen LogP contribution in [0.3, 0.4) is 0 Å². The van der Waals surface area contributed by atoms with E-state index in [-0.39, 0.29) is 24.4 Å². The number of nitrogens with one attached hydrogen (secondary N) is 2. The molecule has 2 N–H and O–H groups in total. The van der Waals surface area contributed by atoms with E-state index >= 15 is 0 Å². The first-order chi connectivity index (χ1) is 10.7. The maximum absolute atomic E-state index is 12.0. The van der Waals surface area contributed by atoms with Crippen LogP contribution in [0.1, 0.15) is 39.3 Å². The molecule has 0 aromatic heterocycles. The first-order valence-electron chi connectivity index (χ1n) is 7.48. The van der Waals surface area contributed by atoms with Crippen LogP contribution >= 0.6 is 0 Å². The summed E-state index contributed by atoms with van der Waals surface area (Å²) in [6.45, 7) is 7.21. The molecule has 0 aliphatic heterocycles. The second kappa shape index (κ2) is 7.85. The number of amides is 2. The molecule has 1 atom stereocenters. The molecule has 0 aliphatic carbocycles. The fourth-order valence-corrected chi connectivity index (χ4v) is 1.92. The van der Waals surface area contributed by atoms with Gasteiger partial charge in [-0.1, -0.05) is 26.8 Å². The van der Waals surface area contributed by atoms with Crippen LogP contribution in [0.2, 0.25) is 0 Å². The van der Waals surface area contributed by atoms with Gasteiger partial charge in [0.1, 0.15) is 0 Å². The quantitative estimate of drug-likeness (QED) is 0.840. The SMILES string of the molecule is COc1ccc(C(C)NC(=O)CNC(=O)C(C)(C)C)cc1OC. The molecule has 23 heavy (non-hydrogen) atoms. The van der Waals surface area contributed by atoms with E-state index in [1.54, 1.807) is 41.1 Å². The summed E-state index contributed by atoms with van der Waals surface area (Å²) in [6, 6.07) is 5.25. The van der Waals surface area contributed by atoms with Gasteiger partial charge in [0.2, 0.25) is 11.8 Å². The van der Waals surface area contributed by atoms with Crippen molar-refractivity contribution in [3.8, 4) is 11.5 Å². The molecule has 1 aromatic carbocycles. The van der Waals surface area contributed by atoms with Gasteiger partial charge in [-0.3, -0.25) is 9.59 Å². The normalized spacial score (nSPS) is 12.3. The van der Waals surface area contributed by atoms with Gasteiger partial charge in [-0.05, 0) is 24.6 Å². The summed E-state index contributed by atoms with van der Waals surface area (Å²) in [6.07, 6.45) is 0. The Morgan fingerprint density at radius 1 is 1.13 bits per heavy atom. The molecular weight excluding hydrogens is 296 g/mol. The number of carbonyl (C=O) groups is 2. The first kappa shape index (κ1) is 18.8. The van der Waals surface area contributed by atoms with Crippen molar-refractivity contribution in [2.45, 2.75) is 33.7 Å². The number of rotatable bonds is 6. The van der Waals surface area contributed by atoms with Crippen molar-refractivity contribution in [1.82, 2.24) is 10.6 Å². The van der Waals surface area contributed by atoms with E-state index in [0.29, 0.717) is 11.5 Å². The topological polar surface area (TPSA) is 76.7 Å². The van der Waals surface area contributed by atoms with Crippen LogP contribution in [0, 0.1) is 5.41 Å². The van der Waals surface area contributed by atoms with E-state index in [9.17, 15) is 9.59 Å². The van der Waals surface area contributed by atoms with Crippen LogP contribution in [-0.4, -0.2) is 32.6 Å². The summed E-state index contributed by atoms with van der Waals surface area (Å²) >= 11 is 0. The third kappa shape index (κ3) is 5.47. The van der Waals surface area contributed by atoms with Gasteiger partial charge in [-0.25, -0.2) is 0 Å².